The van der Waals surface area contributed by atoms with E-state index in [4.69, 9.17) is 4.74 Å². The molecule has 20 heavy (non-hydrogen) atoms. The van der Waals surface area contributed by atoms with Crippen molar-refractivity contribution in [3.8, 4) is 5.75 Å². The van der Waals surface area contributed by atoms with Gasteiger partial charge in [-0.05, 0) is 37.1 Å². The summed E-state index contributed by atoms with van der Waals surface area (Å²) < 4.78 is 18.7. The lowest BCUT2D eigenvalue weighted by Crippen LogP contribution is -2.04. The molecule has 5 heteroatoms. The molecule has 0 saturated heterocycles. The molecule has 0 amide bonds. The number of hydrogen-bond donors (Lipinski definition) is 1. The topological polar surface area (TPSA) is 47.0 Å². The molecule has 2 aromatic rings. The molecule has 0 atom stereocenters. The Morgan fingerprint density at radius 1 is 1.25 bits per heavy atom. The zero-order chi connectivity index (χ0) is 14.4. The summed E-state index contributed by atoms with van der Waals surface area (Å²) in [6.45, 7) is 4.98. The number of ether oxygens (including phenoxy) is 1. The van der Waals surface area contributed by atoms with Gasteiger partial charge in [0.15, 0.2) is 0 Å². The minimum absolute atomic E-state index is 0.233. The largest absolute Gasteiger partial charge is 0.487 e. The summed E-state index contributed by atoms with van der Waals surface area (Å²) in [5, 5.41) is 3.15. The van der Waals surface area contributed by atoms with E-state index in [9.17, 15) is 4.39 Å². The fourth-order valence-corrected chi connectivity index (χ4v) is 1.64. The van der Waals surface area contributed by atoms with Crippen molar-refractivity contribution < 1.29 is 9.13 Å². The van der Waals surface area contributed by atoms with Crippen LogP contribution in [0.25, 0.3) is 0 Å². The summed E-state index contributed by atoms with van der Waals surface area (Å²) in [6.07, 6.45) is 4.40. The molecule has 1 heterocycles. The number of hydrogen-bond acceptors (Lipinski definition) is 4. The monoisotopic (exact) mass is 275 g/mol. The van der Waals surface area contributed by atoms with E-state index in [1.165, 1.54) is 6.07 Å². The zero-order valence-corrected chi connectivity index (χ0v) is 11.7. The van der Waals surface area contributed by atoms with Gasteiger partial charge in [-0.2, -0.15) is 0 Å². The van der Waals surface area contributed by atoms with Gasteiger partial charge in [-0.3, -0.25) is 4.98 Å². The lowest BCUT2D eigenvalue weighted by Gasteiger charge is -2.08. The third kappa shape index (κ3) is 3.91. The van der Waals surface area contributed by atoms with Crippen molar-refractivity contribution in [2.24, 2.45) is 0 Å². The average molecular weight is 275 g/mol. The summed E-state index contributed by atoms with van der Waals surface area (Å²) in [5.41, 5.74) is 1.29. The summed E-state index contributed by atoms with van der Waals surface area (Å²) >= 11 is 0. The first kappa shape index (κ1) is 14.2. The maximum Gasteiger partial charge on any atom is 0.144 e. The minimum Gasteiger partial charge on any atom is -0.487 e. The molecule has 2 rings (SSSR count). The lowest BCUT2D eigenvalue weighted by atomic mass is 10.2. The van der Waals surface area contributed by atoms with E-state index in [0.717, 1.165) is 24.5 Å². The first-order valence-corrected chi connectivity index (χ1v) is 6.62. The highest BCUT2D eigenvalue weighted by molar-refractivity contribution is 5.31. The van der Waals surface area contributed by atoms with Gasteiger partial charge in [0.2, 0.25) is 0 Å². The maximum atomic E-state index is 13.1. The van der Waals surface area contributed by atoms with Gasteiger partial charge in [0.05, 0.1) is 18.1 Å². The Kier molecular flexibility index (Phi) is 4.87. The number of rotatable bonds is 6. The number of aryl methyl sites for hydroxylation is 1. The first-order valence-electron chi connectivity index (χ1n) is 6.62. The molecule has 1 aromatic heterocycles. The molecule has 1 N–H and O–H groups in total. The third-order valence-corrected chi connectivity index (χ3v) is 2.78. The van der Waals surface area contributed by atoms with Gasteiger partial charge in [-0.1, -0.05) is 6.92 Å². The van der Waals surface area contributed by atoms with Gasteiger partial charge in [-0.25, -0.2) is 9.37 Å². The normalized spacial score (nSPS) is 10.3. The van der Waals surface area contributed by atoms with Crippen LogP contribution in [0.15, 0.2) is 30.6 Å². The van der Waals surface area contributed by atoms with Crippen molar-refractivity contribution in [1.29, 1.82) is 0 Å². The van der Waals surface area contributed by atoms with E-state index in [2.05, 4.69) is 22.2 Å². The fraction of sp³-hybridized carbons (Fsp3) is 0.333. The molecule has 0 spiro atoms. The van der Waals surface area contributed by atoms with Crippen molar-refractivity contribution in [2.45, 2.75) is 26.9 Å². The van der Waals surface area contributed by atoms with E-state index < -0.39 is 0 Å². The predicted molar refractivity (Wildman–Crippen MR) is 76.3 cm³/mol. The summed E-state index contributed by atoms with van der Waals surface area (Å²) in [6, 6.07) is 4.67. The van der Waals surface area contributed by atoms with Crippen molar-refractivity contribution in [3.63, 3.8) is 0 Å². The molecule has 106 valence electrons. The SMILES string of the molecule is CCCNc1cnc(COc2ccc(F)c(C)c2)cn1. The smallest absolute Gasteiger partial charge is 0.144 e. The van der Waals surface area contributed by atoms with E-state index in [-0.39, 0.29) is 5.82 Å². The Morgan fingerprint density at radius 2 is 2.10 bits per heavy atom. The minimum atomic E-state index is -0.233. The molecule has 0 aliphatic rings. The molecular weight excluding hydrogens is 257 g/mol. The highest BCUT2D eigenvalue weighted by Gasteiger charge is 2.02. The molecule has 0 unspecified atom stereocenters. The van der Waals surface area contributed by atoms with Crippen LogP contribution in [0, 0.1) is 12.7 Å². The van der Waals surface area contributed by atoms with Crippen LogP contribution < -0.4 is 10.1 Å². The molecule has 0 aliphatic carbocycles. The standard InChI is InChI=1S/C15H18FN3O/c1-3-6-17-15-9-18-12(8-19-15)10-20-13-4-5-14(16)11(2)7-13/h4-5,7-9H,3,6,10H2,1-2H3,(H,17,19). The van der Waals surface area contributed by atoms with Crippen LogP contribution >= 0.6 is 0 Å². The molecule has 0 saturated carbocycles. The number of aromatic nitrogens is 2. The number of nitrogens with zero attached hydrogens (tertiary/aromatic N) is 2. The van der Waals surface area contributed by atoms with Gasteiger partial charge in [-0.15, -0.1) is 0 Å². The van der Waals surface area contributed by atoms with Crippen LogP contribution in [0.1, 0.15) is 24.6 Å². The molecule has 0 radical (unpaired) electrons. The van der Waals surface area contributed by atoms with Gasteiger partial charge < -0.3 is 10.1 Å². The third-order valence-electron chi connectivity index (χ3n) is 2.78. The number of benzene rings is 1. The van der Waals surface area contributed by atoms with Gasteiger partial charge in [0.1, 0.15) is 24.0 Å². The Bertz CT molecular complexity index is 558. The molecule has 0 bridgehead atoms. The predicted octanol–water partition coefficient (Wildman–Crippen LogP) is 3.33. The Balaban J connectivity index is 1.91. The van der Waals surface area contributed by atoms with Crippen LogP contribution in [-0.2, 0) is 6.61 Å². The molecule has 0 aliphatic heterocycles. The van der Waals surface area contributed by atoms with E-state index in [0.29, 0.717) is 17.9 Å². The molecule has 0 fully saturated rings. The second kappa shape index (κ2) is 6.84. The van der Waals surface area contributed by atoms with Crippen LogP contribution in [0.3, 0.4) is 0 Å². The summed E-state index contributed by atoms with van der Waals surface area (Å²) in [5.74, 6) is 1.15. The average Bonchev–Trinajstić information content (AvgIpc) is 2.47. The number of halogens is 1. The lowest BCUT2D eigenvalue weighted by molar-refractivity contribution is 0.300. The Morgan fingerprint density at radius 3 is 2.75 bits per heavy atom. The van der Waals surface area contributed by atoms with Gasteiger partial charge in [0.25, 0.3) is 0 Å². The van der Waals surface area contributed by atoms with E-state index >= 15 is 0 Å². The second-order valence-electron chi connectivity index (χ2n) is 4.52. The zero-order valence-electron chi connectivity index (χ0n) is 11.7. The van der Waals surface area contributed by atoms with Crippen LogP contribution in [-0.4, -0.2) is 16.5 Å². The number of anilines is 1. The van der Waals surface area contributed by atoms with Crippen molar-refractivity contribution in [3.05, 3.63) is 47.7 Å². The van der Waals surface area contributed by atoms with Crippen LogP contribution in [0.4, 0.5) is 10.2 Å². The number of nitrogens with one attached hydrogen (secondary N) is 1. The van der Waals surface area contributed by atoms with Crippen molar-refractivity contribution in [1.82, 2.24) is 9.97 Å². The van der Waals surface area contributed by atoms with Gasteiger partial charge in [0, 0.05) is 6.54 Å². The quantitative estimate of drug-likeness (QED) is 0.878. The molecule has 4 nitrogen and oxygen atoms in total. The fourth-order valence-electron chi connectivity index (χ4n) is 1.64. The van der Waals surface area contributed by atoms with E-state index in [1.807, 2.05) is 0 Å². The van der Waals surface area contributed by atoms with Crippen LogP contribution in [0.2, 0.25) is 0 Å². The Hall–Kier alpha value is -2.17. The van der Waals surface area contributed by atoms with Crippen molar-refractivity contribution in [2.75, 3.05) is 11.9 Å². The summed E-state index contributed by atoms with van der Waals surface area (Å²) in [4.78, 5) is 8.51. The van der Waals surface area contributed by atoms with Gasteiger partial charge >= 0.3 is 0 Å². The maximum absolute atomic E-state index is 13.1. The highest BCUT2D eigenvalue weighted by Crippen LogP contribution is 2.17. The Labute approximate surface area is 118 Å². The van der Waals surface area contributed by atoms with E-state index in [1.54, 1.807) is 31.5 Å². The summed E-state index contributed by atoms with van der Waals surface area (Å²) in [7, 11) is 0. The van der Waals surface area contributed by atoms with Crippen LogP contribution in [0.5, 0.6) is 5.75 Å². The molecule has 1 aromatic carbocycles. The highest BCUT2D eigenvalue weighted by atomic mass is 19.1. The molecular formula is C15H18FN3O. The second-order valence-corrected chi connectivity index (χ2v) is 4.52. The first-order chi connectivity index (χ1) is 9.69. The van der Waals surface area contributed by atoms with Crippen molar-refractivity contribution >= 4 is 5.82 Å².